The number of Topliss-reactive ketones (excluding diaryl/α,β-unsaturated/α-hetero) is 1. The van der Waals surface area contributed by atoms with Gasteiger partial charge in [0.2, 0.25) is 0 Å². The van der Waals surface area contributed by atoms with E-state index in [1.165, 1.54) is 18.3 Å². The summed E-state index contributed by atoms with van der Waals surface area (Å²) in [6, 6.07) is 19.2. The number of ketones is 1. The molecule has 0 bridgehead atoms. The SMILES string of the molecule is COc1ccc2ccccc2c1C1C(C(C)=O)=C(C)N=c2s/c(=C\c3ccc(C)cc3)c(=O)n21. The summed E-state index contributed by atoms with van der Waals surface area (Å²) in [6.07, 6.45) is 1.88. The van der Waals surface area contributed by atoms with Gasteiger partial charge < -0.3 is 4.74 Å². The quantitative estimate of drug-likeness (QED) is 0.449. The maximum atomic E-state index is 13.8. The lowest BCUT2D eigenvalue weighted by atomic mass is 9.89. The van der Waals surface area contributed by atoms with Gasteiger partial charge in [-0.2, -0.15) is 0 Å². The number of aryl methyl sites for hydroxylation is 1. The first-order valence-electron chi connectivity index (χ1n) is 11.0. The molecule has 1 aliphatic rings. The third-order valence-electron chi connectivity index (χ3n) is 6.20. The average molecular weight is 469 g/mol. The zero-order chi connectivity index (χ0) is 24.0. The number of aromatic nitrogens is 1. The van der Waals surface area contributed by atoms with Gasteiger partial charge in [0.05, 0.1) is 17.7 Å². The Bertz CT molecular complexity index is 1660. The molecule has 0 N–H and O–H groups in total. The van der Waals surface area contributed by atoms with Gasteiger partial charge >= 0.3 is 0 Å². The minimum absolute atomic E-state index is 0.117. The van der Waals surface area contributed by atoms with E-state index in [4.69, 9.17) is 4.74 Å². The molecule has 0 aliphatic carbocycles. The number of carbonyl (C=O) groups is 1. The molecule has 1 unspecified atom stereocenters. The molecular weight excluding hydrogens is 444 g/mol. The summed E-state index contributed by atoms with van der Waals surface area (Å²) < 4.78 is 7.98. The molecule has 0 fully saturated rings. The molecule has 0 amide bonds. The Balaban J connectivity index is 1.86. The summed E-state index contributed by atoms with van der Waals surface area (Å²) in [5.74, 6) is 0.513. The van der Waals surface area contributed by atoms with Crippen molar-refractivity contribution in [2.75, 3.05) is 7.11 Å². The maximum absolute atomic E-state index is 13.8. The molecule has 0 saturated carbocycles. The third kappa shape index (κ3) is 3.60. The van der Waals surface area contributed by atoms with E-state index in [9.17, 15) is 9.59 Å². The van der Waals surface area contributed by atoms with E-state index >= 15 is 0 Å². The summed E-state index contributed by atoms with van der Waals surface area (Å²) in [7, 11) is 1.61. The van der Waals surface area contributed by atoms with E-state index in [1.807, 2.05) is 80.6 Å². The normalized spacial score (nSPS) is 15.9. The molecule has 170 valence electrons. The molecular formula is C28H24N2O3S. The molecule has 34 heavy (non-hydrogen) atoms. The van der Waals surface area contributed by atoms with Gasteiger partial charge in [-0.1, -0.05) is 71.5 Å². The van der Waals surface area contributed by atoms with Crippen molar-refractivity contribution in [1.29, 1.82) is 0 Å². The molecule has 0 spiro atoms. The number of ether oxygens (including phenoxy) is 1. The van der Waals surface area contributed by atoms with Crippen molar-refractivity contribution in [2.24, 2.45) is 4.99 Å². The molecule has 5 nitrogen and oxygen atoms in total. The van der Waals surface area contributed by atoms with Crippen LogP contribution in [0.15, 0.2) is 81.7 Å². The number of hydrogen-bond donors (Lipinski definition) is 0. The summed E-state index contributed by atoms with van der Waals surface area (Å²) >= 11 is 1.34. The van der Waals surface area contributed by atoms with Gasteiger partial charge in [-0.3, -0.25) is 14.2 Å². The van der Waals surface area contributed by atoms with Crippen molar-refractivity contribution in [3.05, 3.63) is 108 Å². The number of hydrogen-bond acceptors (Lipinski definition) is 5. The number of allylic oxidation sites excluding steroid dienone is 2. The zero-order valence-electron chi connectivity index (χ0n) is 19.5. The highest BCUT2D eigenvalue weighted by molar-refractivity contribution is 7.07. The smallest absolute Gasteiger partial charge is 0.271 e. The van der Waals surface area contributed by atoms with Crippen molar-refractivity contribution >= 4 is 34.0 Å². The van der Waals surface area contributed by atoms with E-state index in [0.717, 1.165) is 27.5 Å². The van der Waals surface area contributed by atoms with Crippen molar-refractivity contribution in [1.82, 2.24) is 4.57 Å². The van der Waals surface area contributed by atoms with E-state index in [0.29, 0.717) is 26.4 Å². The van der Waals surface area contributed by atoms with Crippen LogP contribution in [0.3, 0.4) is 0 Å². The Morgan fingerprint density at radius 2 is 1.79 bits per heavy atom. The molecule has 5 rings (SSSR count). The molecule has 2 heterocycles. The topological polar surface area (TPSA) is 60.7 Å². The van der Waals surface area contributed by atoms with Crippen LogP contribution in [0.4, 0.5) is 0 Å². The Kier molecular flexibility index (Phi) is 5.54. The second-order valence-corrected chi connectivity index (χ2v) is 9.46. The average Bonchev–Trinajstić information content (AvgIpc) is 3.13. The molecule has 6 heteroatoms. The third-order valence-corrected chi connectivity index (χ3v) is 7.18. The van der Waals surface area contributed by atoms with E-state index < -0.39 is 6.04 Å². The van der Waals surface area contributed by atoms with E-state index in [-0.39, 0.29) is 11.3 Å². The second-order valence-electron chi connectivity index (χ2n) is 8.45. The lowest BCUT2D eigenvalue weighted by Crippen LogP contribution is -2.39. The number of fused-ring (bicyclic) bond motifs is 2. The second kappa shape index (κ2) is 8.54. The summed E-state index contributed by atoms with van der Waals surface area (Å²) in [5.41, 5.74) is 3.85. The van der Waals surface area contributed by atoms with Gasteiger partial charge in [0.25, 0.3) is 5.56 Å². The number of benzene rings is 3. The molecule has 4 aromatic rings. The van der Waals surface area contributed by atoms with Gasteiger partial charge in [0.1, 0.15) is 5.75 Å². The van der Waals surface area contributed by atoms with Crippen molar-refractivity contribution in [3.63, 3.8) is 0 Å². The Morgan fingerprint density at radius 1 is 1.06 bits per heavy atom. The Morgan fingerprint density at radius 3 is 2.50 bits per heavy atom. The van der Waals surface area contributed by atoms with Crippen LogP contribution in [0.2, 0.25) is 0 Å². The Labute approximate surface area is 201 Å². The van der Waals surface area contributed by atoms with Crippen LogP contribution in [0.25, 0.3) is 16.8 Å². The highest BCUT2D eigenvalue weighted by Crippen LogP contribution is 2.40. The fourth-order valence-electron chi connectivity index (χ4n) is 4.59. The fraction of sp³-hybridized carbons (Fsp3) is 0.179. The standard InChI is InChI=1S/C28H24N2O3S/c1-16-9-11-19(12-10-16)15-23-27(32)30-26(24(18(3)31)17(2)29-28(30)34-23)25-21-8-6-5-7-20(21)13-14-22(25)33-4/h5-15,26H,1-4H3/b23-15-. The fourth-order valence-corrected chi connectivity index (χ4v) is 5.64. The van der Waals surface area contributed by atoms with Crippen LogP contribution >= 0.6 is 11.3 Å². The van der Waals surface area contributed by atoms with Gasteiger partial charge in [0.15, 0.2) is 10.6 Å². The van der Waals surface area contributed by atoms with Crippen molar-refractivity contribution < 1.29 is 9.53 Å². The molecule has 3 aromatic carbocycles. The first-order chi connectivity index (χ1) is 16.4. The largest absolute Gasteiger partial charge is 0.496 e. The van der Waals surface area contributed by atoms with Crippen LogP contribution in [0.1, 0.15) is 36.6 Å². The minimum atomic E-state index is -0.630. The van der Waals surface area contributed by atoms with E-state index in [2.05, 4.69) is 4.99 Å². The maximum Gasteiger partial charge on any atom is 0.271 e. The van der Waals surface area contributed by atoms with Crippen LogP contribution in [0, 0.1) is 6.92 Å². The number of thiazole rings is 1. The molecule has 0 radical (unpaired) electrons. The zero-order valence-corrected chi connectivity index (χ0v) is 20.3. The highest BCUT2D eigenvalue weighted by atomic mass is 32.1. The number of rotatable bonds is 4. The van der Waals surface area contributed by atoms with Crippen LogP contribution in [0.5, 0.6) is 5.75 Å². The van der Waals surface area contributed by atoms with E-state index in [1.54, 1.807) is 11.7 Å². The number of nitrogens with zero attached hydrogens (tertiary/aromatic N) is 2. The minimum Gasteiger partial charge on any atom is -0.496 e. The molecule has 1 atom stereocenters. The highest BCUT2D eigenvalue weighted by Gasteiger charge is 2.33. The summed E-state index contributed by atoms with van der Waals surface area (Å²) in [5, 5.41) is 1.95. The Hall–Kier alpha value is -3.77. The van der Waals surface area contributed by atoms with Crippen LogP contribution in [-0.4, -0.2) is 17.5 Å². The van der Waals surface area contributed by atoms with Gasteiger partial charge in [-0.25, -0.2) is 4.99 Å². The van der Waals surface area contributed by atoms with Crippen molar-refractivity contribution in [2.45, 2.75) is 26.8 Å². The molecule has 1 aliphatic heterocycles. The first-order valence-corrected chi connectivity index (χ1v) is 11.9. The summed E-state index contributed by atoms with van der Waals surface area (Å²) in [4.78, 5) is 31.9. The van der Waals surface area contributed by atoms with Gasteiger partial charge in [-0.15, -0.1) is 0 Å². The predicted octanol–water partition coefficient (Wildman–Crippen LogP) is 4.29. The molecule has 1 aromatic heterocycles. The van der Waals surface area contributed by atoms with Crippen LogP contribution in [-0.2, 0) is 4.79 Å². The van der Waals surface area contributed by atoms with Gasteiger partial charge in [-0.05, 0) is 49.2 Å². The van der Waals surface area contributed by atoms with Gasteiger partial charge in [0, 0.05) is 16.8 Å². The number of methoxy groups -OCH3 is 1. The van der Waals surface area contributed by atoms with Crippen LogP contribution < -0.4 is 19.6 Å². The number of carbonyl (C=O) groups excluding carboxylic acids is 1. The lowest BCUT2D eigenvalue weighted by Gasteiger charge is -2.27. The first kappa shape index (κ1) is 22.0. The lowest BCUT2D eigenvalue weighted by molar-refractivity contribution is -0.114. The summed E-state index contributed by atoms with van der Waals surface area (Å²) in [6.45, 7) is 5.39. The molecule has 0 saturated heterocycles. The predicted molar refractivity (Wildman–Crippen MR) is 136 cm³/mol. The van der Waals surface area contributed by atoms with Crippen molar-refractivity contribution in [3.8, 4) is 5.75 Å². The monoisotopic (exact) mass is 468 g/mol.